The van der Waals surface area contributed by atoms with E-state index in [0.29, 0.717) is 26.1 Å². The van der Waals surface area contributed by atoms with Crippen LogP contribution in [0.25, 0.3) is 0 Å². The van der Waals surface area contributed by atoms with Crippen molar-refractivity contribution in [2.24, 2.45) is 0 Å². The molecule has 0 unspecified atom stereocenters. The third-order valence-corrected chi connectivity index (χ3v) is 4.35. The van der Waals surface area contributed by atoms with Crippen LogP contribution in [0.15, 0.2) is 12.2 Å². The molecule has 0 aromatic carbocycles. The summed E-state index contributed by atoms with van der Waals surface area (Å²) in [5, 5.41) is 0. The fraction of sp³-hybridized carbons (Fsp3) is 0.818. The lowest BCUT2D eigenvalue weighted by Crippen LogP contribution is -2.05. The molecule has 26 heavy (non-hydrogen) atoms. The molecule has 0 rings (SSSR count). The minimum Gasteiger partial charge on any atom is -0.466 e. The Balaban J connectivity index is 3.26. The molecule has 152 valence electrons. The van der Waals surface area contributed by atoms with Crippen LogP contribution in [-0.2, 0) is 19.1 Å². The van der Waals surface area contributed by atoms with E-state index in [2.05, 4.69) is 6.92 Å². The van der Waals surface area contributed by atoms with Gasteiger partial charge in [0, 0.05) is 12.8 Å². The molecule has 0 aliphatic rings. The third kappa shape index (κ3) is 19.0. The lowest BCUT2D eigenvalue weighted by atomic mass is 10.1. The predicted octanol–water partition coefficient (Wildman–Crippen LogP) is 6.13. The van der Waals surface area contributed by atoms with Crippen molar-refractivity contribution in [2.75, 3.05) is 13.2 Å². The van der Waals surface area contributed by atoms with Gasteiger partial charge in [-0.1, -0.05) is 76.9 Å². The number of esters is 2. The Bertz CT molecular complexity index is 363. The number of ether oxygens (including phenoxy) is 2. The molecule has 0 aromatic rings. The molecule has 0 atom stereocenters. The smallest absolute Gasteiger partial charge is 0.306 e. The number of allylic oxidation sites excluding steroid dienone is 1. The van der Waals surface area contributed by atoms with Crippen LogP contribution in [0, 0.1) is 0 Å². The van der Waals surface area contributed by atoms with Crippen molar-refractivity contribution < 1.29 is 19.1 Å². The highest BCUT2D eigenvalue weighted by Crippen LogP contribution is 2.10. The molecule has 0 bridgehead atoms. The zero-order chi connectivity index (χ0) is 19.3. The summed E-state index contributed by atoms with van der Waals surface area (Å²) in [4.78, 5) is 23.0. The van der Waals surface area contributed by atoms with E-state index < -0.39 is 0 Å². The molecule has 0 spiro atoms. The van der Waals surface area contributed by atoms with E-state index in [1.54, 1.807) is 0 Å². The molecule has 0 heterocycles. The summed E-state index contributed by atoms with van der Waals surface area (Å²) in [7, 11) is 0. The van der Waals surface area contributed by atoms with Crippen LogP contribution < -0.4 is 0 Å². The van der Waals surface area contributed by atoms with E-state index in [-0.39, 0.29) is 11.9 Å². The molecule has 0 saturated carbocycles. The van der Waals surface area contributed by atoms with Crippen LogP contribution in [-0.4, -0.2) is 25.2 Å². The number of rotatable bonds is 18. The van der Waals surface area contributed by atoms with Gasteiger partial charge in [-0.2, -0.15) is 0 Å². The van der Waals surface area contributed by atoms with Gasteiger partial charge in [-0.15, -0.1) is 0 Å². The van der Waals surface area contributed by atoms with Crippen molar-refractivity contribution >= 4 is 11.9 Å². The first-order valence-electron chi connectivity index (χ1n) is 10.6. The zero-order valence-electron chi connectivity index (χ0n) is 17.1. The van der Waals surface area contributed by atoms with Gasteiger partial charge >= 0.3 is 11.9 Å². The average Bonchev–Trinajstić information content (AvgIpc) is 2.63. The van der Waals surface area contributed by atoms with E-state index >= 15 is 0 Å². The van der Waals surface area contributed by atoms with Crippen LogP contribution >= 0.6 is 0 Å². The molecule has 0 aliphatic carbocycles. The highest BCUT2D eigenvalue weighted by atomic mass is 16.5. The van der Waals surface area contributed by atoms with Crippen molar-refractivity contribution in [3.05, 3.63) is 12.2 Å². The average molecular weight is 369 g/mol. The molecular formula is C22H40O4. The Kier molecular flexibility index (Phi) is 19.0. The molecule has 0 aliphatic heterocycles. The number of carbonyl (C=O) groups is 2. The second kappa shape index (κ2) is 20.0. The molecule has 0 aromatic heterocycles. The fourth-order valence-corrected chi connectivity index (χ4v) is 2.70. The summed E-state index contributed by atoms with van der Waals surface area (Å²) in [5.74, 6) is -0.168. The van der Waals surface area contributed by atoms with Crippen molar-refractivity contribution in [1.29, 1.82) is 0 Å². The number of unbranched alkanes of at least 4 members (excludes halogenated alkanes) is 10. The summed E-state index contributed by atoms with van der Waals surface area (Å²) >= 11 is 0. The molecule has 4 nitrogen and oxygen atoms in total. The first-order chi connectivity index (χ1) is 12.7. The second-order valence-corrected chi connectivity index (χ2v) is 6.86. The number of hydrogen-bond donors (Lipinski definition) is 0. The van der Waals surface area contributed by atoms with Gasteiger partial charge in [-0.25, -0.2) is 0 Å². The monoisotopic (exact) mass is 368 g/mol. The Morgan fingerprint density at radius 2 is 1.19 bits per heavy atom. The molecule has 0 amide bonds. The van der Waals surface area contributed by atoms with Crippen LogP contribution in [0.1, 0.15) is 104 Å². The first-order valence-corrected chi connectivity index (χ1v) is 10.6. The maximum Gasteiger partial charge on any atom is 0.306 e. The molecule has 0 saturated heterocycles. The van der Waals surface area contributed by atoms with E-state index in [9.17, 15) is 9.59 Å². The minimum atomic E-state index is -0.115. The van der Waals surface area contributed by atoms with Crippen LogP contribution in [0.5, 0.6) is 0 Å². The van der Waals surface area contributed by atoms with E-state index in [4.69, 9.17) is 9.47 Å². The standard InChI is InChI=1S/C22H40O4/c1-3-5-7-8-13-16-20-26-22(24)18-15-12-10-9-11-14-17-21(23)25-19-6-4-2/h4,6H,3,5,7-20H2,1-2H3/b6-4+. The zero-order valence-corrected chi connectivity index (χ0v) is 17.1. The third-order valence-electron chi connectivity index (χ3n) is 4.35. The molecule has 0 radical (unpaired) electrons. The first kappa shape index (κ1) is 24.7. The van der Waals surface area contributed by atoms with Gasteiger partial charge in [0.15, 0.2) is 0 Å². The largest absolute Gasteiger partial charge is 0.466 e. The Morgan fingerprint density at radius 1 is 0.692 bits per heavy atom. The van der Waals surface area contributed by atoms with Gasteiger partial charge in [0.05, 0.1) is 6.61 Å². The summed E-state index contributed by atoms with van der Waals surface area (Å²) in [6.45, 7) is 5.08. The van der Waals surface area contributed by atoms with Gasteiger partial charge in [-0.05, 0) is 26.2 Å². The molecular weight excluding hydrogens is 328 g/mol. The minimum absolute atomic E-state index is 0.0533. The predicted molar refractivity (Wildman–Crippen MR) is 107 cm³/mol. The van der Waals surface area contributed by atoms with Gasteiger partial charge in [-0.3, -0.25) is 9.59 Å². The fourth-order valence-electron chi connectivity index (χ4n) is 2.70. The highest BCUT2D eigenvalue weighted by Gasteiger charge is 2.03. The maximum atomic E-state index is 11.6. The molecule has 4 heteroatoms. The van der Waals surface area contributed by atoms with Crippen molar-refractivity contribution in [3.8, 4) is 0 Å². The van der Waals surface area contributed by atoms with Crippen LogP contribution in [0.3, 0.4) is 0 Å². The van der Waals surface area contributed by atoms with Crippen molar-refractivity contribution in [2.45, 2.75) is 104 Å². The topological polar surface area (TPSA) is 52.6 Å². The van der Waals surface area contributed by atoms with Gasteiger partial charge < -0.3 is 9.47 Å². The highest BCUT2D eigenvalue weighted by molar-refractivity contribution is 5.69. The summed E-state index contributed by atoms with van der Waals surface area (Å²) in [5.41, 5.74) is 0. The quantitative estimate of drug-likeness (QED) is 0.166. The van der Waals surface area contributed by atoms with E-state index in [1.165, 1.54) is 25.7 Å². The Morgan fingerprint density at radius 3 is 1.77 bits per heavy atom. The van der Waals surface area contributed by atoms with Crippen molar-refractivity contribution in [1.82, 2.24) is 0 Å². The normalized spacial score (nSPS) is 11.0. The lowest BCUT2D eigenvalue weighted by molar-refractivity contribution is -0.144. The Labute approximate surface area is 160 Å². The van der Waals surface area contributed by atoms with Gasteiger partial charge in [0.25, 0.3) is 0 Å². The van der Waals surface area contributed by atoms with Gasteiger partial charge in [0.1, 0.15) is 6.61 Å². The summed E-state index contributed by atoms with van der Waals surface area (Å²) in [6, 6.07) is 0. The number of carbonyl (C=O) groups excluding carboxylic acids is 2. The molecule has 0 fully saturated rings. The number of hydrogen-bond acceptors (Lipinski definition) is 4. The SMILES string of the molecule is C/C=C/COC(=O)CCCCCCCCC(=O)OCCCCCCCC. The Hall–Kier alpha value is -1.32. The summed E-state index contributed by atoms with van der Waals surface area (Å²) < 4.78 is 10.3. The van der Waals surface area contributed by atoms with Crippen LogP contribution in [0.4, 0.5) is 0 Å². The van der Waals surface area contributed by atoms with Gasteiger partial charge in [0.2, 0.25) is 0 Å². The molecule has 0 N–H and O–H groups in total. The van der Waals surface area contributed by atoms with E-state index in [0.717, 1.165) is 51.4 Å². The summed E-state index contributed by atoms with van der Waals surface area (Å²) in [6.07, 6.45) is 18.1. The lowest BCUT2D eigenvalue weighted by Gasteiger charge is -2.05. The van der Waals surface area contributed by atoms with Crippen LogP contribution in [0.2, 0.25) is 0 Å². The van der Waals surface area contributed by atoms with E-state index in [1.807, 2.05) is 19.1 Å². The second-order valence-electron chi connectivity index (χ2n) is 6.86. The maximum absolute atomic E-state index is 11.6. The van der Waals surface area contributed by atoms with Crippen molar-refractivity contribution in [3.63, 3.8) is 0 Å².